The number of rotatable bonds is 5. The van der Waals surface area contributed by atoms with Gasteiger partial charge >= 0.3 is 0 Å². The van der Waals surface area contributed by atoms with E-state index in [1.807, 2.05) is 31.2 Å². The molecule has 0 radical (unpaired) electrons. The van der Waals surface area contributed by atoms with Crippen molar-refractivity contribution in [3.05, 3.63) is 47.7 Å². The van der Waals surface area contributed by atoms with Crippen molar-refractivity contribution < 1.29 is 8.42 Å². The van der Waals surface area contributed by atoms with Gasteiger partial charge < -0.3 is 0 Å². The average Bonchev–Trinajstić information content (AvgIpc) is 2.52. The predicted octanol–water partition coefficient (Wildman–Crippen LogP) is 4.04. The minimum absolute atomic E-state index is 0.0434. The SMILES string of the molecule is Cc1ccc(-c2ccnc(S(=O)(=O)CC[Si](C)(C)C)c2C#N)cc1. The first kappa shape index (κ1) is 18.4. The van der Waals surface area contributed by atoms with Crippen LogP contribution in [0.25, 0.3) is 11.1 Å². The Morgan fingerprint density at radius 3 is 2.29 bits per heavy atom. The van der Waals surface area contributed by atoms with Gasteiger partial charge in [0.2, 0.25) is 0 Å². The molecule has 1 heterocycles. The lowest BCUT2D eigenvalue weighted by molar-refractivity contribution is 0.593. The molecule has 0 saturated carbocycles. The molecule has 0 spiro atoms. The zero-order valence-corrected chi connectivity index (χ0v) is 16.3. The van der Waals surface area contributed by atoms with E-state index in [-0.39, 0.29) is 16.3 Å². The second-order valence-electron chi connectivity index (χ2n) is 7.15. The molecule has 0 N–H and O–H groups in total. The minimum atomic E-state index is -3.57. The van der Waals surface area contributed by atoms with Crippen molar-refractivity contribution in [2.75, 3.05) is 5.75 Å². The van der Waals surface area contributed by atoms with Gasteiger partial charge in [-0.25, -0.2) is 13.4 Å². The van der Waals surface area contributed by atoms with E-state index in [1.165, 1.54) is 6.20 Å². The van der Waals surface area contributed by atoms with Crippen LogP contribution in [0.1, 0.15) is 11.1 Å². The van der Waals surface area contributed by atoms with Crippen LogP contribution in [-0.2, 0) is 9.84 Å². The quantitative estimate of drug-likeness (QED) is 0.756. The van der Waals surface area contributed by atoms with E-state index in [9.17, 15) is 13.7 Å². The van der Waals surface area contributed by atoms with Crippen LogP contribution < -0.4 is 0 Å². The van der Waals surface area contributed by atoms with E-state index in [0.717, 1.165) is 11.1 Å². The summed E-state index contributed by atoms with van der Waals surface area (Å²) in [7, 11) is -5.07. The molecule has 1 aromatic heterocycles. The monoisotopic (exact) mass is 358 g/mol. The van der Waals surface area contributed by atoms with Gasteiger partial charge in [-0.3, -0.25) is 0 Å². The van der Waals surface area contributed by atoms with Crippen molar-refractivity contribution in [3.8, 4) is 17.2 Å². The summed E-state index contributed by atoms with van der Waals surface area (Å²) in [6.45, 7) is 8.37. The first-order valence-electron chi connectivity index (χ1n) is 7.83. The Balaban J connectivity index is 2.51. The molecule has 0 aliphatic carbocycles. The number of pyridine rings is 1. The van der Waals surface area contributed by atoms with E-state index in [4.69, 9.17) is 0 Å². The van der Waals surface area contributed by atoms with Crippen molar-refractivity contribution in [2.24, 2.45) is 0 Å². The van der Waals surface area contributed by atoms with Gasteiger partial charge in [0.1, 0.15) is 6.07 Å². The fourth-order valence-electron chi connectivity index (χ4n) is 2.30. The van der Waals surface area contributed by atoms with Gasteiger partial charge in [0, 0.05) is 19.8 Å². The molecule has 0 saturated heterocycles. The standard InChI is InChI=1S/C18H22N2O2SSi/c1-14-5-7-15(8-6-14)16-9-10-20-18(17(16)13-19)23(21,22)11-12-24(2,3)4/h5-10H,11-12H2,1-4H3. The van der Waals surface area contributed by atoms with Crippen LogP contribution in [0.15, 0.2) is 41.6 Å². The highest BCUT2D eigenvalue weighted by Crippen LogP contribution is 2.28. The molecular weight excluding hydrogens is 336 g/mol. The van der Waals surface area contributed by atoms with Crippen LogP contribution in [0.2, 0.25) is 25.7 Å². The van der Waals surface area contributed by atoms with E-state index in [0.29, 0.717) is 11.6 Å². The number of aryl methyl sites for hydroxylation is 1. The van der Waals surface area contributed by atoms with Gasteiger partial charge in [0.05, 0.1) is 11.3 Å². The molecule has 0 aliphatic heterocycles. The van der Waals surface area contributed by atoms with Crippen LogP contribution in [0, 0.1) is 18.3 Å². The highest BCUT2D eigenvalue weighted by Gasteiger charge is 2.26. The summed E-state index contributed by atoms with van der Waals surface area (Å²) >= 11 is 0. The zero-order chi connectivity index (χ0) is 18.0. The zero-order valence-electron chi connectivity index (χ0n) is 14.5. The van der Waals surface area contributed by atoms with Gasteiger partial charge in [0.15, 0.2) is 14.9 Å². The Morgan fingerprint density at radius 1 is 1.12 bits per heavy atom. The van der Waals surface area contributed by atoms with Gasteiger partial charge in [0.25, 0.3) is 0 Å². The third-order valence-electron chi connectivity index (χ3n) is 3.81. The lowest BCUT2D eigenvalue weighted by atomic mass is 10.0. The van der Waals surface area contributed by atoms with Crippen molar-refractivity contribution in [2.45, 2.75) is 37.6 Å². The molecule has 6 heteroatoms. The van der Waals surface area contributed by atoms with E-state index in [2.05, 4.69) is 30.7 Å². The van der Waals surface area contributed by atoms with Gasteiger partial charge in [-0.2, -0.15) is 5.26 Å². The van der Waals surface area contributed by atoms with Crippen molar-refractivity contribution in [3.63, 3.8) is 0 Å². The largest absolute Gasteiger partial charge is 0.243 e. The molecule has 0 aliphatic rings. The number of hydrogen-bond donors (Lipinski definition) is 0. The van der Waals surface area contributed by atoms with Gasteiger partial charge in [-0.05, 0) is 24.6 Å². The lowest BCUT2D eigenvalue weighted by Gasteiger charge is -2.16. The van der Waals surface area contributed by atoms with E-state index in [1.54, 1.807) is 6.07 Å². The summed E-state index contributed by atoms with van der Waals surface area (Å²) in [6, 6.07) is 12.1. The predicted molar refractivity (Wildman–Crippen MR) is 99.3 cm³/mol. The van der Waals surface area contributed by atoms with Gasteiger partial charge in [-0.15, -0.1) is 0 Å². The third-order valence-corrected chi connectivity index (χ3v) is 7.56. The Kier molecular flexibility index (Phi) is 5.26. The molecule has 24 heavy (non-hydrogen) atoms. The van der Waals surface area contributed by atoms with Crippen LogP contribution in [0.4, 0.5) is 0 Å². The summed E-state index contributed by atoms with van der Waals surface area (Å²) in [6.07, 6.45) is 1.47. The fraction of sp³-hybridized carbons (Fsp3) is 0.333. The van der Waals surface area contributed by atoms with Crippen LogP contribution in [-0.4, -0.2) is 27.2 Å². The fourth-order valence-corrected chi connectivity index (χ4v) is 6.70. The first-order valence-corrected chi connectivity index (χ1v) is 13.2. The molecule has 0 amide bonds. The first-order chi connectivity index (χ1) is 11.1. The second kappa shape index (κ2) is 6.87. The molecule has 126 valence electrons. The molecule has 0 atom stereocenters. The summed E-state index contributed by atoms with van der Waals surface area (Å²) < 4.78 is 25.4. The number of nitrogens with zero attached hydrogens (tertiary/aromatic N) is 2. The number of sulfone groups is 1. The van der Waals surface area contributed by atoms with Crippen molar-refractivity contribution in [1.29, 1.82) is 5.26 Å². The van der Waals surface area contributed by atoms with Crippen molar-refractivity contribution in [1.82, 2.24) is 4.98 Å². The van der Waals surface area contributed by atoms with Gasteiger partial charge in [-0.1, -0.05) is 49.5 Å². The number of nitriles is 1. The highest BCUT2D eigenvalue weighted by molar-refractivity contribution is 7.91. The molecule has 1 aromatic carbocycles. The molecular formula is C18H22N2O2SSi. The molecule has 0 bridgehead atoms. The molecule has 2 rings (SSSR count). The van der Waals surface area contributed by atoms with E-state index >= 15 is 0 Å². The lowest BCUT2D eigenvalue weighted by Crippen LogP contribution is -2.24. The maximum atomic E-state index is 12.7. The number of benzene rings is 1. The topological polar surface area (TPSA) is 70.8 Å². The summed E-state index contributed by atoms with van der Waals surface area (Å²) in [5, 5.41) is 9.46. The molecule has 2 aromatic rings. The second-order valence-corrected chi connectivity index (χ2v) is 14.8. The molecule has 4 nitrogen and oxygen atoms in total. The van der Waals surface area contributed by atoms with Crippen molar-refractivity contribution >= 4 is 17.9 Å². The number of hydrogen-bond acceptors (Lipinski definition) is 4. The normalized spacial score (nSPS) is 12.0. The Bertz CT molecular complexity index is 877. The Labute approximate surface area is 145 Å². The van der Waals surface area contributed by atoms with Crippen LogP contribution in [0.5, 0.6) is 0 Å². The van der Waals surface area contributed by atoms with Crippen LogP contribution >= 0.6 is 0 Å². The highest BCUT2D eigenvalue weighted by atomic mass is 32.2. The van der Waals surface area contributed by atoms with Crippen LogP contribution in [0.3, 0.4) is 0 Å². The maximum absolute atomic E-state index is 12.7. The molecule has 0 fully saturated rings. The molecule has 0 unspecified atom stereocenters. The average molecular weight is 359 g/mol. The Hall–Kier alpha value is -1.97. The maximum Gasteiger partial charge on any atom is 0.196 e. The van der Waals surface area contributed by atoms with E-state index < -0.39 is 17.9 Å². The summed E-state index contributed by atoms with van der Waals surface area (Å²) in [5.41, 5.74) is 2.67. The third kappa shape index (κ3) is 4.31. The summed E-state index contributed by atoms with van der Waals surface area (Å²) in [5.74, 6) is 0.0434. The Morgan fingerprint density at radius 2 is 1.75 bits per heavy atom. The minimum Gasteiger partial charge on any atom is -0.243 e. The number of aromatic nitrogens is 1. The smallest absolute Gasteiger partial charge is 0.196 e. The summed E-state index contributed by atoms with van der Waals surface area (Å²) in [4.78, 5) is 4.03.